The van der Waals surface area contributed by atoms with E-state index in [0.717, 1.165) is 0 Å². The molecule has 2 nitrogen and oxygen atoms in total. The van der Waals surface area contributed by atoms with E-state index in [1.807, 2.05) is 0 Å². The molecule has 0 heterocycles. The molecule has 0 saturated carbocycles. The van der Waals surface area contributed by atoms with Gasteiger partial charge >= 0.3 is 0 Å². The van der Waals surface area contributed by atoms with Crippen molar-refractivity contribution in [3.8, 4) is 0 Å². The van der Waals surface area contributed by atoms with Gasteiger partial charge in [-0.1, -0.05) is 34.8 Å². The smallest absolute Gasteiger partial charge is 0.180 e. The highest BCUT2D eigenvalue weighted by molar-refractivity contribution is 6.63. The van der Waals surface area contributed by atoms with Crippen LogP contribution in [0.15, 0.2) is 0 Å². The molecule has 0 aliphatic rings. The van der Waals surface area contributed by atoms with Crippen LogP contribution in [0.3, 0.4) is 0 Å². The number of halogens is 3. The van der Waals surface area contributed by atoms with Crippen molar-refractivity contribution in [3.63, 3.8) is 0 Å². The van der Waals surface area contributed by atoms with Crippen molar-refractivity contribution >= 4 is 34.8 Å². The molecule has 0 saturated heterocycles. The van der Waals surface area contributed by atoms with Gasteiger partial charge in [-0.2, -0.15) is 0 Å². The fourth-order valence-electron chi connectivity index (χ4n) is 0. The Kier molecular flexibility index (Phi) is 21.1. The van der Waals surface area contributed by atoms with E-state index in [0.29, 0.717) is 0 Å². The molecule has 0 unspecified atom stereocenters. The maximum atomic E-state index is 8.06. The minimum atomic E-state index is -0.750. The first kappa shape index (κ1) is 16.4. The van der Waals surface area contributed by atoms with Gasteiger partial charge in [-0.05, 0) is 13.8 Å². The van der Waals surface area contributed by atoms with E-state index in [1.54, 1.807) is 13.8 Å². The van der Waals surface area contributed by atoms with Crippen LogP contribution in [-0.2, 0) is 0 Å². The van der Waals surface area contributed by atoms with Gasteiger partial charge in [0.15, 0.2) is 4.30 Å². The minimum absolute atomic E-state index is 0. The molecule has 0 spiro atoms. The van der Waals surface area contributed by atoms with Crippen LogP contribution >= 0.6 is 34.8 Å². The van der Waals surface area contributed by atoms with Gasteiger partial charge in [0.1, 0.15) is 0 Å². The average Bonchev–Trinajstić information content (AvgIpc) is 1.25. The third-order valence-electron chi connectivity index (χ3n) is 0. The van der Waals surface area contributed by atoms with Crippen LogP contribution in [0.5, 0.6) is 0 Å². The fraction of sp³-hybridized carbons (Fsp3) is 1.00. The number of hydrogen-bond donors (Lipinski definition) is 2. The van der Waals surface area contributed by atoms with Gasteiger partial charge < -0.3 is 11.3 Å². The Morgan fingerprint density at radius 1 is 1.11 bits per heavy atom. The van der Waals surface area contributed by atoms with Crippen LogP contribution in [0.2, 0.25) is 0 Å². The second-order valence-corrected chi connectivity index (χ2v) is 3.32. The molecule has 0 aromatic heterocycles. The lowest BCUT2D eigenvalue weighted by Gasteiger charge is -1.80. The SMILES string of the molecule is CC(C)O.ClC(Cl)Cl.N. The molecule has 9 heavy (non-hydrogen) atoms. The first-order chi connectivity index (χ1) is 3.46. The molecule has 60 valence electrons. The highest BCUT2D eigenvalue weighted by atomic mass is 35.6. The maximum absolute atomic E-state index is 8.06. The van der Waals surface area contributed by atoms with Crippen molar-refractivity contribution in [1.29, 1.82) is 0 Å². The third kappa shape index (κ3) is 649. The molecule has 0 aromatic carbocycles. The molecular formula is C4H12Cl3NO. The van der Waals surface area contributed by atoms with Gasteiger partial charge in [-0.25, -0.2) is 0 Å². The molecule has 0 fully saturated rings. The average molecular weight is 197 g/mol. The topological polar surface area (TPSA) is 55.2 Å². The van der Waals surface area contributed by atoms with E-state index < -0.39 is 4.30 Å². The van der Waals surface area contributed by atoms with Crippen molar-refractivity contribution in [2.45, 2.75) is 24.2 Å². The van der Waals surface area contributed by atoms with E-state index in [9.17, 15) is 0 Å². The largest absolute Gasteiger partial charge is 0.394 e. The Morgan fingerprint density at radius 3 is 1.11 bits per heavy atom. The van der Waals surface area contributed by atoms with E-state index in [-0.39, 0.29) is 12.3 Å². The van der Waals surface area contributed by atoms with E-state index in [2.05, 4.69) is 0 Å². The predicted molar refractivity (Wildman–Crippen MR) is 43.7 cm³/mol. The van der Waals surface area contributed by atoms with Crippen LogP contribution in [0, 0.1) is 0 Å². The Morgan fingerprint density at radius 2 is 1.11 bits per heavy atom. The normalized spacial score (nSPS) is 8.00. The minimum Gasteiger partial charge on any atom is -0.394 e. The first-order valence-electron chi connectivity index (χ1n) is 2.07. The van der Waals surface area contributed by atoms with Crippen molar-refractivity contribution in [2.24, 2.45) is 0 Å². The summed E-state index contributed by atoms with van der Waals surface area (Å²) in [5, 5.41) is 8.06. The number of aliphatic hydroxyl groups excluding tert-OH is 1. The summed E-state index contributed by atoms with van der Waals surface area (Å²) in [6.45, 7) is 3.44. The molecule has 4 N–H and O–H groups in total. The molecule has 0 radical (unpaired) electrons. The summed E-state index contributed by atoms with van der Waals surface area (Å²) < 4.78 is -0.750. The Labute approximate surface area is 70.7 Å². The van der Waals surface area contributed by atoms with Gasteiger partial charge in [0.05, 0.1) is 0 Å². The predicted octanol–water partition coefficient (Wildman–Crippen LogP) is 2.54. The fourth-order valence-corrected chi connectivity index (χ4v) is 0. The summed E-state index contributed by atoms with van der Waals surface area (Å²) in [5.74, 6) is 0. The highest BCUT2D eigenvalue weighted by Crippen LogP contribution is 2.03. The molecule has 0 aromatic rings. The zero-order chi connectivity index (χ0) is 7.15. The second-order valence-electron chi connectivity index (χ2n) is 1.34. The lowest BCUT2D eigenvalue weighted by molar-refractivity contribution is 0.216. The molecule has 0 aliphatic carbocycles. The molecular weight excluding hydrogens is 184 g/mol. The standard InChI is InChI=1S/C3H8O.CHCl3.H3N/c1-3(2)4;2-1(3)4;/h3-4H,1-2H3;1H;1H3. The van der Waals surface area contributed by atoms with Gasteiger partial charge in [-0.3, -0.25) is 0 Å². The van der Waals surface area contributed by atoms with Crippen LogP contribution < -0.4 is 6.15 Å². The zero-order valence-electron chi connectivity index (χ0n) is 5.44. The van der Waals surface area contributed by atoms with Gasteiger partial charge in [0, 0.05) is 6.10 Å². The number of aliphatic hydroxyl groups is 1. The summed E-state index contributed by atoms with van der Waals surface area (Å²) in [6.07, 6.45) is -0.167. The van der Waals surface area contributed by atoms with Gasteiger partial charge in [0.2, 0.25) is 0 Å². The number of hydrogen-bond acceptors (Lipinski definition) is 2. The molecule has 0 rings (SSSR count). The third-order valence-corrected chi connectivity index (χ3v) is 0. The maximum Gasteiger partial charge on any atom is 0.180 e. The highest BCUT2D eigenvalue weighted by Gasteiger charge is 1.78. The molecule has 0 amide bonds. The van der Waals surface area contributed by atoms with Crippen molar-refractivity contribution in [1.82, 2.24) is 6.15 Å². The quantitative estimate of drug-likeness (QED) is 0.585. The van der Waals surface area contributed by atoms with Gasteiger partial charge in [-0.15, -0.1) is 0 Å². The Bertz CT molecular complexity index is 31.3. The van der Waals surface area contributed by atoms with E-state index in [4.69, 9.17) is 39.9 Å². The van der Waals surface area contributed by atoms with Crippen LogP contribution in [0.4, 0.5) is 0 Å². The molecule has 5 heteroatoms. The number of alkyl halides is 3. The zero-order valence-corrected chi connectivity index (χ0v) is 7.71. The Hall–Kier alpha value is 0.790. The summed E-state index contributed by atoms with van der Waals surface area (Å²) >= 11 is 14.4. The van der Waals surface area contributed by atoms with Crippen LogP contribution in [-0.4, -0.2) is 15.5 Å². The van der Waals surface area contributed by atoms with Gasteiger partial charge in [0.25, 0.3) is 0 Å². The van der Waals surface area contributed by atoms with Crippen molar-refractivity contribution in [3.05, 3.63) is 0 Å². The van der Waals surface area contributed by atoms with Crippen molar-refractivity contribution < 1.29 is 5.11 Å². The van der Waals surface area contributed by atoms with E-state index >= 15 is 0 Å². The second kappa shape index (κ2) is 11.6. The lowest BCUT2D eigenvalue weighted by Crippen LogP contribution is -1.85. The first-order valence-corrected chi connectivity index (χ1v) is 3.38. The summed E-state index contributed by atoms with van der Waals surface area (Å²) in [4.78, 5) is 0. The summed E-state index contributed by atoms with van der Waals surface area (Å²) in [7, 11) is 0. The van der Waals surface area contributed by atoms with Crippen LogP contribution in [0.1, 0.15) is 13.8 Å². The van der Waals surface area contributed by atoms with E-state index in [1.165, 1.54) is 0 Å². The lowest BCUT2D eigenvalue weighted by atomic mass is 10.5. The van der Waals surface area contributed by atoms with Crippen molar-refractivity contribution in [2.75, 3.05) is 0 Å². The molecule has 0 aliphatic heterocycles. The summed E-state index contributed by atoms with van der Waals surface area (Å²) in [5.41, 5.74) is 0. The number of rotatable bonds is 0. The monoisotopic (exact) mass is 195 g/mol. The summed E-state index contributed by atoms with van der Waals surface area (Å²) in [6, 6.07) is 0. The molecule has 0 bridgehead atoms. The molecule has 0 atom stereocenters. The van der Waals surface area contributed by atoms with Crippen LogP contribution in [0.25, 0.3) is 0 Å². The Balaban J connectivity index is -0.0000000720.